The summed E-state index contributed by atoms with van der Waals surface area (Å²) in [5.74, 6) is -1.28. The molecular formula is C44H44BrF2N7O3. The van der Waals surface area contributed by atoms with E-state index in [0.29, 0.717) is 48.2 Å². The van der Waals surface area contributed by atoms with Gasteiger partial charge in [0, 0.05) is 74.5 Å². The summed E-state index contributed by atoms with van der Waals surface area (Å²) in [5, 5.41) is 0.590. The average molecular weight is 837 g/mol. The van der Waals surface area contributed by atoms with Crippen LogP contribution >= 0.6 is 15.9 Å². The van der Waals surface area contributed by atoms with Crippen molar-refractivity contribution in [3.63, 3.8) is 0 Å². The van der Waals surface area contributed by atoms with Crippen LogP contribution in [0.15, 0.2) is 76.1 Å². The lowest BCUT2D eigenvalue weighted by Gasteiger charge is -2.41. The Hall–Kier alpha value is -5.01. The maximum atomic E-state index is 15.2. The summed E-state index contributed by atoms with van der Waals surface area (Å²) < 4.78 is 33.3. The standard InChI is InChI=1S/C44H44BrF2N7O3/c1-26-24-50(18-19-52(26)30-11-12-31-36(22-30)53-35-7-4-6-32(45)40(35)42(57)49-43(53)44(31,2)3)25-27-10-13-37(48-23-27)51-16-14-28(15-17-51)29-20-33(46)41(34(47)21-29)54-38(55)8-5-9-39(54)56/h4,6-7,10-13,20-23,26,28H,5,8-9,14-19,24-25H2,1-3H3/t26-/m1/s1. The van der Waals surface area contributed by atoms with Crippen LogP contribution in [0.25, 0.3) is 16.6 Å². The minimum absolute atomic E-state index is 0.0449. The van der Waals surface area contributed by atoms with Gasteiger partial charge in [0.15, 0.2) is 11.6 Å². The van der Waals surface area contributed by atoms with Gasteiger partial charge >= 0.3 is 0 Å². The first-order valence-electron chi connectivity index (χ1n) is 19.8. The van der Waals surface area contributed by atoms with E-state index in [1.807, 2.05) is 24.4 Å². The molecule has 0 spiro atoms. The highest BCUT2D eigenvalue weighted by molar-refractivity contribution is 9.10. The van der Waals surface area contributed by atoms with Crippen molar-refractivity contribution in [2.24, 2.45) is 0 Å². The maximum Gasteiger partial charge on any atom is 0.281 e. The number of aromatic nitrogens is 3. The number of piperidine rings is 2. The summed E-state index contributed by atoms with van der Waals surface area (Å²) >= 11 is 3.58. The van der Waals surface area contributed by atoms with Gasteiger partial charge in [-0.2, -0.15) is 4.98 Å². The number of rotatable bonds is 6. The summed E-state index contributed by atoms with van der Waals surface area (Å²) in [6.45, 7) is 11.4. The Balaban J connectivity index is 0.830. The third-order valence-corrected chi connectivity index (χ3v) is 13.1. The first kappa shape index (κ1) is 37.6. The number of benzene rings is 3. The number of hydrogen-bond donors (Lipinski definition) is 0. The maximum absolute atomic E-state index is 15.2. The average Bonchev–Trinajstić information content (AvgIpc) is 3.41. The Morgan fingerprint density at radius 3 is 2.32 bits per heavy atom. The number of piperazine rings is 1. The molecule has 294 valence electrons. The van der Waals surface area contributed by atoms with Crippen molar-refractivity contribution >= 4 is 55.8 Å². The number of hydrogen-bond acceptors (Lipinski definition) is 8. The summed E-state index contributed by atoms with van der Waals surface area (Å²) in [6.07, 6.45) is 3.95. The molecule has 0 saturated carbocycles. The summed E-state index contributed by atoms with van der Waals surface area (Å²) in [6, 6.07) is 19.5. The molecule has 3 saturated heterocycles. The second-order valence-electron chi connectivity index (χ2n) is 16.4. The highest BCUT2D eigenvalue weighted by Gasteiger charge is 2.39. The topological polar surface area (TPSA) is 94.9 Å². The first-order valence-corrected chi connectivity index (χ1v) is 20.6. The molecule has 57 heavy (non-hydrogen) atoms. The Labute approximate surface area is 338 Å². The second kappa shape index (κ2) is 14.4. The van der Waals surface area contributed by atoms with Crippen LogP contribution in [0.2, 0.25) is 0 Å². The normalized spacial score (nSPS) is 20.0. The number of carbonyl (C=O) groups is 2. The molecule has 13 heteroatoms. The van der Waals surface area contributed by atoms with Crippen LogP contribution < -0.4 is 20.3 Å². The first-order chi connectivity index (χ1) is 27.4. The zero-order valence-electron chi connectivity index (χ0n) is 32.3. The predicted octanol–water partition coefficient (Wildman–Crippen LogP) is 7.60. The van der Waals surface area contributed by atoms with Gasteiger partial charge in [0.05, 0.1) is 22.0 Å². The highest BCUT2D eigenvalue weighted by Crippen LogP contribution is 2.45. The Bertz CT molecular complexity index is 2460. The second-order valence-corrected chi connectivity index (χ2v) is 17.3. The van der Waals surface area contributed by atoms with E-state index in [2.05, 4.69) is 91.3 Å². The van der Waals surface area contributed by atoms with E-state index in [9.17, 15) is 14.4 Å². The van der Waals surface area contributed by atoms with E-state index in [1.165, 1.54) is 12.1 Å². The van der Waals surface area contributed by atoms with Gasteiger partial charge in [-0.25, -0.2) is 18.7 Å². The smallest absolute Gasteiger partial charge is 0.281 e. The van der Waals surface area contributed by atoms with Gasteiger partial charge in [0.25, 0.3) is 5.56 Å². The molecule has 9 rings (SSSR count). The van der Waals surface area contributed by atoms with E-state index >= 15 is 8.78 Å². The Morgan fingerprint density at radius 2 is 1.63 bits per heavy atom. The van der Waals surface area contributed by atoms with Crippen molar-refractivity contribution in [1.29, 1.82) is 0 Å². The molecule has 0 radical (unpaired) electrons. The molecule has 4 aliphatic rings. The molecule has 0 aliphatic carbocycles. The number of amides is 2. The monoisotopic (exact) mass is 835 g/mol. The molecule has 0 bridgehead atoms. The van der Waals surface area contributed by atoms with Crippen LogP contribution in [0.1, 0.15) is 81.3 Å². The number of halogens is 3. The fourth-order valence-electron chi connectivity index (χ4n) is 9.42. The Kier molecular flexibility index (Phi) is 9.50. The van der Waals surface area contributed by atoms with E-state index in [0.717, 1.165) is 70.3 Å². The highest BCUT2D eigenvalue weighted by atomic mass is 79.9. The molecule has 1 atom stereocenters. The van der Waals surface area contributed by atoms with E-state index in [-0.39, 0.29) is 30.4 Å². The summed E-state index contributed by atoms with van der Waals surface area (Å²) in [7, 11) is 0. The van der Waals surface area contributed by atoms with Crippen molar-refractivity contribution in [2.45, 2.75) is 76.8 Å². The largest absolute Gasteiger partial charge is 0.366 e. The molecule has 5 aromatic rings. The van der Waals surface area contributed by atoms with Crippen molar-refractivity contribution < 1.29 is 18.4 Å². The van der Waals surface area contributed by atoms with E-state index < -0.39 is 34.6 Å². The number of pyridine rings is 1. The zero-order valence-corrected chi connectivity index (χ0v) is 33.9. The van der Waals surface area contributed by atoms with Crippen LogP contribution in [0.4, 0.5) is 26.0 Å². The quantitative estimate of drug-likeness (QED) is 0.162. The Morgan fingerprint density at radius 1 is 0.895 bits per heavy atom. The van der Waals surface area contributed by atoms with E-state index in [1.54, 1.807) is 0 Å². The van der Waals surface area contributed by atoms with Crippen LogP contribution in [0.5, 0.6) is 0 Å². The van der Waals surface area contributed by atoms with Gasteiger partial charge < -0.3 is 9.80 Å². The lowest BCUT2D eigenvalue weighted by atomic mass is 9.85. The van der Waals surface area contributed by atoms with Gasteiger partial charge in [-0.15, -0.1) is 0 Å². The fourth-order valence-corrected chi connectivity index (χ4v) is 9.94. The predicted molar refractivity (Wildman–Crippen MR) is 220 cm³/mol. The third kappa shape index (κ3) is 6.52. The van der Waals surface area contributed by atoms with Gasteiger partial charge in [0.1, 0.15) is 17.3 Å². The number of imide groups is 1. The van der Waals surface area contributed by atoms with Crippen LogP contribution in [-0.4, -0.2) is 70.0 Å². The molecule has 3 aromatic carbocycles. The summed E-state index contributed by atoms with van der Waals surface area (Å²) in [5.41, 5.74) is 4.73. The number of fused-ring (bicyclic) bond motifs is 5. The lowest BCUT2D eigenvalue weighted by molar-refractivity contribution is -0.129. The molecule has 2 amide bonds. The van der Waals surface area contributed by atoms with Crippen molar-refractivity contribution in [3.05, 3.63) is 116 Å². The van der Waals surface area contributed by atoms with E-state index in [4.69, 9.17) is 4.98 Å². The molecule has 2 aromatic heterocycles. The molecule has 10 nitrogen and oxygen atoms in total. The van der Waals surface area contributed by atoms with Crippen molar-refractivity contribution in [2.75, 3.05) is 47.4 Å². The lowest BCUT2D eigenvalue weighted by Crippen LogP contribution is -2.51. The molecular weight excluding hydrogens is 792 g/mol. The molecule has 3 fully saturated rings. The van der Waals surface area contributed by atoms with Crippen LogP contribution in [0.3, 0.4) is 0 Å². The number of anilines is 3. The molecule has 0 N–H and O–H groups in total. The van der Waals surface area contributed by atoms with Crippen LogP contribution in [0, 0.1) is 11.6 Å². The third-order valence-electron chi connectivity index (χ3n) is 12.4. The van der Waals surface area contributed by atoms with Crippen molar-refractivity contribution in [1.82, 2.24) is 19.4 Å². The minimum Gasteiger partial charge on any atom is -0.366 e. The fraction of sp³-hybridized carbons (Fsp3) is 0.386. The van der Waals surface area contributed by atoms with Gasteiger partial charge in [-0.3, -0.25) is 23.9 Å². The zero-order chi connectivity index (χ0) is 39.7. The summed E-state index contributed by atoms with van der Waals surface area (Å²) in [4.78, 5) is 55.0. The SMILES string of the molecule is C[C@@H]1CN(Cc2ccc(N3CCC(c4cc(F)c(N5C(=O)CCCC5=O)c(F)c4)CC3)nc2)CCN1c1ccc2c(c1)-n1c(nc(=O)c3c(Br)cccc31)C2(C)C. The number of nitrogens with zero attached hydrogens (tertiary/aromatic N) is 7. The van der Waals surface area contributed by atoms with Gasteiger partial charge in [-0.1, -0.05) is 18.2 Å². The molecule has 4 aliphatic heterocycles. The van der Waals surface area contributed by atoms with Gasteiger partial charge in [-0.05, 0) is 121 Å². The van der Waals surface area contributed by atoms with Crippen LogP contribution in [-0.2, 0) is 21.5 Å². The minimum atomic E-state index is -0.873. The van der Waals surface area contributed by atoms with Gasteiger partial charge in [0.2, 0.25) is 11.8 Å². The molecule has 6 heterocycles. The molecule has 0 unspecified atom stereocenters. The van der Waals surface area contributed by atoms with Crippen molar-refractivity contribution in [3.8, 4) is 5.69 Å². The number of carbonyl (C=O) groups excluding carboxylic acids is 2.